The summed E-state index contributed by atoms with van der Waals surface area (Å²) in [7, 11) is 0. The molecule has 0 aliphatic rings. The highest BCUT2D eigenvalue weighted by Gasteiger charge is 2.01. The van der Waals surface area contributed by atoms with Crippen molar-refractivity contribution in [3.05, 3.63) is 59.4 Å². The maximum absolute atomic E-state index is 11.7. The molecular formula is C15H17N3O. The van der Waals surface area contributed by atoms with Gasteiger partial charge in [0, 0.05) is 6.20 Å². The first-order valence-corrected chi connectivity index (χ1v) is 6.31. The van der Waals surface area contributed by atoms with Crippen LogP contribution in [0.15, 0.2) is 47.7 Å². The number of aryl methyl sites for hydroxylation is 1. The molecule has 0 aliphatic heterocycles. The van der Waals surface area contributed by atoms with E-state index < -0.39 is 0 Å². The molecule has 1 amide bonds. The smallest absolute Gasteiger partial charge is 0.244 e. The van der Waals surface area contributed by atoms with Gasteiger partial charge in [0.25, 0.3) is 0 Å². The van der Waals surface area contributed by atoms with Gasteiger partial charge in [0.2, 0.25) is 5.91 Å². The van der Waals surface area contributed by atoms with E-state index in [1.54, 1.807) is 12.4 Å². The Labute approximate surface area is 112 Å². The third-order valence-corrected chi connectivity index (χ3v) is 2.81. The lowest BCUT2D eigenvalue weighted by Gasteiger charge is -2.02. The van der Waals surface area contributed by atoms with Crippen molar-refractivity contribution in [1.82, 2.24) is 10.4 Å². The number of hydrogen-bond donors (Lipinski definition) is 2. The van der Waals surface area contributed by atoms with Crippen LogP contribution in [0.2, 0.25) is 0 Å². The first kappa shape index (κ1) is 13.1. The van der Waals surface area contributed by atoms with Gasteiger partial charge < -0.3 is 4.98 Å². The number of rotatable bonds is 5. The lowest BCUT2D eigenvalue weighted by Crippen LogP contribution is -2.19. The van der Waals surface area contributed by atoms with Crippen LogP contribution >= 0.6 is 0 Å². The predicted octanol–water partition coefficient (Wildman–Crippen LogP) is 2.27. The number of aromatic amines is 1. The fourth-order valence-corrected chi connectivity index (χ4v) is 1.72. The molecule has 4 heteroatoms. The number of carbonyl (C=O) groups excluding carboxylic acids is 1. The van der Waals surface area contributed by atoms with Crippen LogP contribution in [0.3, 0.4) is 0 Å². The maximum Gasteiger partial charge on any atom is 0.244 e. The summed E-state index contributed by atoms with van der Waals surface area (Å²) in [5.74, 6) is -0.118. The van der Waals surface area contributed by atoms with Crippen LogP contribution in [0.1, 0.15) is 23.7 Å². The predicted molar refractivity (Wildman–Crippen MR) is 76.1 cm³/mol. The first-order valence-electron chi connectivity index (χ1n) is 6.31. The molecule has 1 aromatic carbocycles. The largest absolute Gasteiger partial charge is 0.360 e. The quantitative estimate of drug-likeness (QED) is 0.625. The molecule has 0 unspecified atom stereocenters. The average molecular weight is 255 g/mol. The molecule has 0 bridgehead atoms. The zero-order valence-corrected chi connectivity index (χ0v) is 10.9. The molecule has 4 nitrogen and oxygen atoms in total. The van der Waals surface area contributed by atoms with Gasteiger partial charge in [-0.25, -0.2) is 5.43 Å². The van der Waals surface area contributed by atoms with E-state index in [1.165, 1.54) is 5.56 Å². The Hall–Kier alpha value is -2.36. The molecule has 0 saturated carbocycles. The Bertz CT molecular complexity index is 541. The third-order valence-electron chi connectivity index (χ3n) is 2.81. The van der Waals surface area contributed by atoms with Crippen LogP contribution in [0.5, 0.6) is 0 Å². The van der Waals surface area contributed by atoms with Crippen LogP contribution in [0, 0.1) is 0 Å². The molecule has 98 valence electrons. The maximum atomic E-state index is 11.7. The lowest BCUT2D eigenvalue weighted by atomic mass is 10.1. The monoisotopic (exact) mass is 255 g/mol. The van der Waals surface area contributed by atoms with Crippen LogP contribution < -0.4 is 5.43 Å². The van der Waals surface area contributed by atoms with Gasteiger partial charge >= 0.3 is 0 Å². The highest BCUT2D eigenvalue weighted by Crippen LogP contribution is 2.05. The Balaban J connectivity index is 1.83. The second-order valence-corrected chi connectivity index (χ2v) is 4.27. The number of aromatic nitrogens is 1. The van der Waals surface area contributed by atoms with Gasteiger partial charge in [0.05, 0.1) is 18.3 Å². The van der Waals surface area contributed by atoms with Crippen molar-refractivity contribution in [2.45, 2.75) is 19.8 Å². The number of hydrogen-bond acceptors (Lipinski definition) is 2. The van der Waals surface area contributed by atoms with Crippen LogP contribution in [0.4, 0.5) is 0 Å². The summed E-state index contributed by atoms with van der Waals surface area (Å²) in [6.07, 6.45) is 4.73. The van der Waals surface area contributed by atoms with Crippen molar-refractivity contribution < 1.29 is 4.79 Å². The fraction of sp³-hybridized carbons (Fsp3) is 0.200. The Kier molecular flexibility index (Phi) is 4.50. The van der Waals surface area contributed by atoms with E-state index >= 15 is 0 Å². The molecule has 0 radical (unpaired) electrons. The minimum atomic E-state index is -0.118. The van der Waals surface area contributed by atoms with Gasteiger partial charge in [0.1, 0.15) is 0 Å². The fourth-order valence-electron chi connectivity index (χ4n) is 1.72. The summed E-state index contributed by atoms with van der Waals surface area (Å²) in [5.41, 5.74) is 5.63. The van der Waals surface area contributed by atoms with Crippen molar-refractivity contribution in [1.29, 1.82) is 0 Å². The van der Waals surface area contributed by atoms with Gasteiger partial charge in [-0.3, -0.25) is 4.79 Å². The van der Waals surface area contributed by atoms with Gasteiger partial charge in [-0.1, -0.05) is 31.2 Å². The number of carbonyl (C=O) groups is 1. The molecule has 2 N–H and O–H groups in total. The van der Waals surface area contributed by atoms with Gasteiger partial charge in [-0.05, 0) is 29.7 Å². The number of nitrogens with one attached hydrogen (secondary N) is 2. The molecule has 2 aromatic rings. The van der Waals surface area contributed by atoms with Crippen molar-refractivity contribution in [2.24, 2.45) is 5.10 Å². The van der Waals surface area contributed by atoms with E-state index in [0.29, 0.717) is 6.42 Å². The molecule has 0 aliphatic carbocycles. The summed E-state index contributed by atoms with van der Waals surface area (Å²) in [5, 5.41) is 3.89. The molecule has 2 rings (SSSR count). The number of benzene rings is 1. The zero-order valence-electron chi connectivity index (χ0n) is 10.9. The van der Waals surface area contributed by atoms with Gasteiger partial charge in [-0.15, -0.1) is 0 Å². The average Bonchev–Trinajstić information content (AvgIpc) is 2.93. The topological polar surface area (TPSA) is 57.2 Å². The van der Waals surface area contributed by atoms with E-state index in [0.717, 1.165) is 17.7 Å². The van der Waals surface area contributed by atoms with Crippen molar-refractivity contribution >= 4 is 12.1 Å². The molecular weight excluding hydrogens is 238 g/mol. The minimum absolute atomic E-state index is 0.118. The first-order chi connectivity index (χ1) is 9.28. The normalized spacial score (nSPS) is 10.8. The molecule has 1 heterocycles. The molecule has 19 heavy (non-hydrogen) atoms. The van der Waals surface area contributed by atoms with E-state index in [2.05, 4.69) is 22.4 Å². The van der Waals surface area contributed by atoms with E-state index in [-0.39, 0.29) is 5.91 Å². The molecule has 0 saturated heterocycles. The highest BCUT2D eigenvalue weighted by atomic mass is 16.2. The number of nitrogens with zero attached hydrogens (tertiary/aromatic N) is 1. The zero-order chi connectivity index (χ0) is 13.5. The molecule has 0 spiro atoms. The summed E-state index contributed by atoms with van der Waals surface area (Å²) >= 11 is 0. The number of amides is 1. The highest BCUT2D eigenvalue weighted by molar-refractivity contribution is 5.82. The van der Waals surface area contributed by atoms with Crippen LogP contribution in [0.25, 0.3) is 0 Å². The van der Waals surface area contributed by atoms with Gasteiger partial charge in [-0.2, -0.15) is 5.10 Å². The minimum Gasteiger partial charge on any atom is -0.360 e. The van der Waals surface area contributed by atoms with Crippen molar-refractivity contribution in [2.75, 3.05) is 0 Å². The molecule has 0 fully saturated rings. The SMILES string of the molecule is CCc1ccc(CC(=O)N/N=C\c2ccc[nH]2)cc1. The summed E-state index contributed by atoms with van der Waals surface area (Å²) in [6, 6.07) is 11.8. The Morgan fingerprint density at radius 3 is 2.63 bits per heavy atom. The second kappa shape index (κ2) is 6.54. The third kappa shape index (κ3) is 4.10. The standard InChI is InChI=1S/C15H17N3O/c1-2-12-5-7-13(8-6-12)10-15(19)18-17-11-14-4-3-9-16-14/h3-9,11,16H,2,10H2,1H3,(H,18,19)/b17-11-. The van der Waals surface area contributed by atoms with E-state index in [1.807, 2.05) is 36.4 Å². The second-order valence-electron chi connectivity index (χ2n) is 4.27. The molecule has 1 aromatic heterocycles. The number of hydrazone groups is 1. The van der Waals surface area contributed by atoms with Crippen molar-refractivity contribution in [3.63, 3.8) is 0 Å². The van der Waals surface area contributed by atoms with Gasteiger partial charge in [0.15, 0.2) is 0 Å². The summed E-state index contributed by atoms with van der Waals surface area (Å²) < 4.78 is 0. The van der Waals surface area contributed by atoms with Crippen molar-refractivity contribution in [3.8, 4) is 0 Å². The molecule has 0 atom stereocenters. The number of H-pyrrole nitrogens is 1. The summed E-state index contributed by atoms with van der Waals surface area (Å²) in [4.78, 5) is 14.6. The van der Waals surface area contributed by atoms with Crippen LogP contribution in [-0.4, -0.2) is 17.1 Å². The lowest BCUT2D eigenvalue weighted by molar-refractivity contribution is -0.120. The Morgan fingerprint density at radius 1 is 1.26 bits per heavy atom. The summed E-state index contributed by atoms with van der Waals surface area (Å²) in [6.45, 7) is 2.11. The van der Waals surface area contributed by atoms with Crippen LogP contribution in [-0.2, 0) is 17.6 Å². The van der Waals surface area contributed by atoms with E-state index in [9.17, 15) is 4.79 Å². The van der Waals surface area contributed by atoms with E-state index in [4.69, 9.17) is 0 Å². The Morgan fingerprint density at radius 2 is 2.00 bits per heavy atom.